The second kappa shape index (κ2) is 23.5. The standard InChI is InChI=1S/C78H87ClSi/c1-46-19-52(7)73(53(8)20-46)40-64-31-65(41-74-54(9)21-47(2)22-55(74)10)35-70(34-64)80(79,71-36-66(42-75-56(11)23-48(3)24-57(75)12)32-67(37-71)43-76-58(13)25-49(4)26-59(76)14)72-38-68(44-77-60(15)27-50(5)28-61(77)16)33-69(39-72)45-78-62(17)29-51(6)30-63(78)18/h19-39H,40-45H2,1-18H3. The summed E-state index contributed by atoms with van der Waals surface area (Å²) in [7, 11) is -3.51. The van der Waals surface area contributed by atoms with Gasteiger partial charge < -0.3 is 0 Å². The largest absolute Gasteiger partial charge is 0.247 e. The molecule has 0 heterocycles. The lowest BCUT2D eigenvalue weighted by Crippen LogP contribution is -2.63. The molecule has 0 saturated carbocycles. The number of hydrogen-bond acceptors (Lipinski definition) is 0. The molecule has 0 spiro atoms. The molecule has 2 heteroatoms. The minimum absolute atomic E-state index is 0.832. The topological polar surface area (TPSA) is 0 Å². The first kappa shape index (κ1) is 58.2. The number of aryl methyl sites for hydroxylation is 18. The summed E-state index contributed by atoms with van der Waals surface area (Å²) in [6.07, 6.45) is 4.99. The van der Waals surface area contributed by atoms with Gasteiger partial charge in [0.15, 0.2) is 0 Å². The summed E-state index contributed by atoms with van der Waals surface area (Å²) in [6, 6.07) is 51.1. The van der Waals surface area contributed by atoms with Gasteiger partial charge in [0.1, 0.15) is 0 Å². The molecule has 0 aliphatic carbocycles. The van der Waals surface area contributed by atoms with Gasteiger partial charge in [-0.05, 0) is 312 Å². The summed E-state index contributed by atoms with van der Waals surface area (Å²) in [6.45, 7) is 40.9. The predicted octanol–water partition coefficient (Wildman–Crippen LogP) is 18.0. The van der Waals surface area contributed by atoms with Gasteiger partial charge in [0.25, 0.3) is 0 Å². The van der Waals surface area contributed by atoms with Crippen LogP contribution in [-0.4, -0.2) is 7.38 Å². The lowest BCUT2D eigenvalue weighted by molar-refractivity contribution is 1.08. The first-order chi connectivity index (χ1) is 37.8. The third kappa shape index (κ3) is 12.7. The average Bonchev–Trinajstić information content (AvgIpc) is 3.45. The van der Waals surface area contributed by atoms with Crippen LogP contribution in [0.1, 0.15) is 167 Å². The van der Waals surface area contributed by atoms with E-state index < -0.39 is 7.38 Å². The molecule has 0 atom stereocenters. The minimum Gasteiger partial charge on any atom is -0.149 e. The molecule has 0 aliphatic rings. The van der Waals surface area contributed by atoms with E-state index in [1.54, 1.807) is 0 Å². The zero-order valence-corrected chi connectivity index (χ0v) is 53.5. The van der Waals surface area contributed by atoms with Gasteiger partial charge in [-0.15, -0.1) is 11.1 Å². The van der Waals surface area contributed by atoms with Gasteiger partial charge in [-0.2, -0.15) is 0 Å². The van der Waals surface area contributed by atoms with E-state index in [0.717, 1.165) is 38.5 Å². The molecule has 0 saturated heterocycles. The Hall–Kier alpha value is -6.51. The molecule has 0 aliphatic heterocycles. The minimum atomic E-state index is -3.51. The molecule has 0 amide bonds. The fraction of sp³-hybridized carbons (Fsp3) is 0.308. The Balaban J connectivity index is 1.38. The Morgan fingerprint density at radius 2 is 0.325 bits per heavy atom. The maximum absolute atomic E-state index is 9.40. The summed E-state index contributed by atoms with van der Waals surface area (Å²) >= 11 is 9.40. The first-order valence-electron chi connectivity index (χ1n) is 29.3. The Kier molecular flexibility index (Phi) is 17.1. The number of hydrogen-bond donors (Lipinski definition) is 0. The maximum atomic E-state index is 9.40. The van der Waals surface area contributed by atoms with Crippen molar-refractivity contribution in [3.63, 3.8) is 0 Å². The van der Waals surface area contributed by atoms with Gasteiger partial charge >= 0.3 is 0 Å². The summed E-state index contributed by atoms with van der Waals surface area (Å²) in [5.41, 5.74) is 40.2. The van der Waals surface area contributed by atoms with Crippen molar-refractivity contribution in [2.75, 3.05) is 0 Å². The van der Waals surface area contributed by atoms with Gasteiger partial charge in [0.05, 0.1) is 0 Å². The quantitative estimate of drug-likeness (QED) is 0.0545. The van der Waals surface area contributed by atoms with Crippen LogP contribution >= 0.6 is 11.1 Å². The van der Waals surface area contributed by atoms with Gasteiger partial charge in [-0.1, -0.05) is 161 Å². The zero-order chi connectivity index (χ0) is 57.6. The molecule has 9 aromatic carbocycles. The van der Waals surface area contributed by atoms with Crippen molar-refractivity contribution in [1.82, 2.24) is 0 Å². The van der Waals surface area contributed by atoms with Crippen LogP contribution in [0.15, 0.2) is 127 Å². The van der Waals surface area contributed by atoms with Crippen LogP contribution in [0.4, 0.5) is 0 Å². The van der Waals surface area contributed by atoms with Gasteiger partial charge in [0, 0.05) is 0 Å². The van der Waals surface area contributed by atoms with Gasteiger partial charge in [0.2, 0.25) is 7.38 Å². The summed E-state index contributed by atoms with van der Waals surface area (Å²) in [5, 5.41) is 3.75. The number of benzene rings is 9. The second-order valence-corrected chi connectivity index (χ2v) is 29.8. The highest BCUT2D eigenvalue weighted by Gasteiger charge is 2.40. The summed E-state index contributed by atoms with van der Waals surface area (Å²) < 4.78 is 0. The molecule has 9 aromatic rings. The van der Waals surface area contributed by atoms with Crippen LogP contribution in [0, 0.1) is 125 Å². The predicted molar refractivity (Wildman–Crippen MR) is 351 cm³/mol. The third-order valence-corrected chi connectivity index (χ3v) is 22.9. The number of rotatable bonds is 15. The normalized spacial score (nSPS) is 11.7. The molecule has 0 nitrogen and oxygen atoms in total. The highest BCUT2D eigenvalue weighted by molar-refractivity contribution is 7.40. The van der Waals surface area contributed by atoms with Gasteiger partial charge in [-0.3, -0.25) is 0 Å². The van der Waals surface area contributed by atoms with E-state index in [1.807, 2.05) is 0 Å². The zero-order valence-electron chi connectivity index (χ0n) is 51.7. The molecule has 0 bridgehead atoms. The Morgan fingerprint density at radius 1 is 0.200 bits per heavy atom. The molecule has 410 valence electrons. The first-order valence-corrected chi connectivity index (χ1v) is 32.3. The van der Waals surface area contributed by atoms with E-state index in [1.165, 1.54) is 182 Å². The molecule has 0 fully saturated rings. The summed E-state index contributed by atoms with van der Waals surface area (Å²) in [5.74, 6) is 0. The molecule has 0 N–H and O–H groups in total. The fourth-order valence-electron chi connectivity index (χ4n) is 14.2. The second-order valence-electron chi connectivity index (χ2n) is 25.1. The van der Waals surface area contributed by atoms with Crippen molar-refractivity contribution < 1.29 is 0 Å². The van der Waals surface area contributed by atoms with E-state index in [2.05, 4.69) is 252 Å². The molecule has 80 heavy (non-hydrogen) atoms. The van der Waals surface area contributed by atoms with E-state index in [9.17, 15) is 11.1 Å². The average molecular weight is 1090 g/mol. The fourth-order valence-corrected chi connectivity index (χ4v) is 18.4. The van der Waals surface area contributed by atoms with Crippen LogP contribution in [0.25, 0.3) is 0 Å². The summed E-state index contributed by atoms with van der Waals surface area (Å²) in [4.78, 5) is 0. The molecule has 0 aromatic heterocycles. The molecule has 9 rings (SSSR count). The van der Waals surface area contributed by atoms with E-state index >= 15 is 0 Å². The van der Waals surface area contributed by atoms with Crippen LogP contribution in [-0.2, 0) is 38.5 Å². The molecular formula is C78H87ClSi. The Labute approximate surface area is 488 Å². The van der Waals surface area contributed by atoms with Crippen LogP contribution in [0.3, 0.4) is 0 Å². The van der Waals surface area contributed by atoms with Crippen LogP contribution < -0.4 is 15.6 Å². The lowest BCUT2D eigenvalue weighted by atomic mass is 9.91. The third-order valence-electron chi connectivity index (χ3n) is 17.7. The maximum Gasteiger partial charge on any atom is 0.247 e. The molecule has 0 unspecified atom stereocenters. The molecular weight excluding hydrogens is 1000 g/mol. The SMILES string of the molecule is Cc1cc(C)c(Cc2cc(Cc3c(C)cc(C)cc3C)cc([Si](Cl)(c3cc(Cc4c(C)cc(C)cc4C)cc(Cc4c(C)cc(C)cc4C)c3)c3cc(Cc4c(C)cc(C)cc4C)cc(Cc4c(C)cc(C)cc4C)c3)c2)c(C)c1. The van der Waals surface area contributed by atoms with Crippen LogP contribution in [0.5, 0.6) is 0 Å². The smallest absolute Gasteiger partial charge is 0.149 e. The monoisotopic (exact) mass is 1090 g/mol. The number of halogens is 1. The van der Waals surface area contributed by atoms with Crippen molar-refractivity contribution in [2.24, 2.45) is 0 Å². The van der Waals surface area contributed by atoms with E-state index in [4.69, 9.17) is 0 Å². The highest BCUT2D eigenvalue weighted by atomic mass is 35.6. The molecule has 0 radical (unpaired) electrons. The highest BCUT2D eigenvalue weighted by Crippen LogP contribution is 2.31. The van der Waals surface area contributed by atoms with E-state index in [-0.39, 0.29) is 0 Å². The van der Waals surface area contributed by atoms with E-state index in [0.29, 0.717) is 0 Å². The van der Waals surface area contributed by atoms with Crippen molar-refractivity contribution in [3.8, 4) is 0 Å². The van der Waals surface area contributed by atoms with Crippen molar-refractivity contribution >= 4 is 34.0 Å². The van der Waals surface area contributed by atoms with Crippen molar-refractivity contribution in [1.29, 1.82) is 0 Å². The van der Waals surface area contributed by atoms with Crippen molar-refractivity contribution in [3.05, 3.63) is 294 Å². The van der Waals surface area contributed by atoms with Crippen LogP contribution in [0.2, 0.25) is 0 Å². The van der Waals surface area contributed by atoms with Crippen molar-refractivity contribution in [2.45, 2.75) is 163 Å². The lowest BCUT2D eigenvalue weighted by Gasteiger charge is -2.30. The Bertz CT molecular complexity index is 3110. The Morgan fingerprint density at radius 3 is 0.450 bits per heavy atom. The van der Waals surface area contributed by atoms with Gasteiger partial charge in [-0.25, -0.2) is 0 Å².